The SMILES string of the molecule is c1ccc2c(-c3cc(-c4ncco4)ccn3)c3ccccc3c(-c3cc(-c4ncco4)ccn3)c2c1.c1ccc2c(-c3cc(-c4nccs4)ccn3)c3ccccc3c(-c3cc(-c4nccs4)ccn3)c2c1. The standard InChI is InChI=1S/C30H18N4O2.C30H18N4S2/c2*1-2-6-22-21(5-1)27(25-17-19(9-11-31-25)29-33-13-15-35-29)23-7-3-4-8-24(23)28(22)26-18-20(10-12-32-26)30-34-14-16-36-30/h2*1-18H. The summed E-state index contributed by atoms with van der Waals surface area (Å²) in [5.41, 5.74) is 11.8. The first-order valence-corrected chi connectivity index (χ1v) is 24.8. The monoisotopic (exact) mass is 964 g/mol. The Bertz CT molecular complexity index is 3580. The van der Waals surface area contributed by atoms with Crippen LogP contribution < -0.4 is 0 Å². The molecule has 12 heteroatoms. The summed E-state index contributed by atoms with van der Waals surface area (Å²) in [4.78, 5) is 36.8. The number of nitrogens with zero attached hydrogens (tertiary/aromatic N) is 8. The number of benzene rings is 6. The fourth-order valence-electron chi connectivity index (χ4n) is 9.63. The highest BCUT2D eigenvalue weighted by Gasteiger charge is 2.21. The van der Waals surface area contributed by atoms with Crippen molar-refractivity contribution in [2.45, 2.75) is 0 Å². The largest absolute Gasteiger partial charge is 0.445 e. The molecule has 0 aliphatic rings. The molecule has 0 spiro atoms. The smallest absolute Gasteiger partial charge is 0.225 e. The van der Waals surface area contributed by atoms with Crippen LogP contribution in [0.5, 0.6) is 0 Å². The van der Waals surface area contributed by atoms with Gasteiger partial charge in [0.2, 0.25) is 11.8 Å². The quantitative estimate of drug-likeness (QED) is 0.136. The van der Waals surface area contributed by atoms with Crippen LogP contribution in [-0.4, -0.2) is 39.9 Å². The number of pyridine rings is 4. The molecule has 6 aromatic carbocycles. The van der Waals surface area contributed by atoms with Crippen LogP contribution in [0.2, 0.25) is 0 Å². The summed E-state index contributed by atoms with van der Waals surface area (Å²) in [6, 6.07) is 50.1. The molecule has 0 N–H and O–H groups in total. The Hall–Kier alpha value is -9.36. The normalized spacial score (nSPS) is 11.3. The lowest BCUT2D eigenvalue weighted by Crippen LogP contribution is -1.94. The Morgan fingerprint density at radius 2 is 0.569 bits per heavy atom. The van der Waals surface area contributed by atoms with Gasteiger partial charge in [-0.05, 0) is 91.6 Å². The molecule has 0 atom stereocenters. The highest BCUT2D eigenvalue weighted by Crippen LogP contribution is 2.45. The first-order valence-electron chi connectivity index (χ1n) is 23.1. The minimum atomic E-state index is 0.566. The number of rotatable bonds is 8. The molecule has 0 radical (unpaired) electrons. The van der Waals surface area contributed by atoms with Crippen molar-refractivity contribution in [2.24, 2.45) is 0 Å². The van der Waals surface area contributed by atoms with Crippen molar-refractivity contribution >= 4 is 65.8 Å². The molecule has 0 amide bonds. The summed E-state index contributed by atoms with van der Waals surface area (Å²) in [5, 5.41) is 14.9. The molecule has 14 rings (SSSR count). The zero-order valence-electron chi connectivity index (χ0n) is 38.0. The molecule has 0 aliphatic carbocycles. The Kier molecular flexibility index (Phi) is 11.0. The zero-order chi connectivity index (χ0) is 47.8. The van der Waals surface area contributed by atoms with E-state index in [2.05, 4.69) is 129 Å². The molecule has 340 valence electrons. The molecule has 0 fully saturated rings. The lowest BCUT2D eigenvalue weighted by molar-refractivity contribution is 0.574. The van der Waals surface area contributed by atoms with Crippen molar-refractivity contribution in [1.82, 2.24) is 39.9 Å². The summed E-state index contributed by atoms with van der Waals surface area (Å²) >= 11 is 3.27. The fraction of sp³-hybridized carbons (Fsp3) is 0. The van der Waals surface area contributed by atoms with E-state index in [4.69, 9.17) is 28.8 Å². The first kappa shape index (κ1) is 42.7. The van der Waals surface area contributed by atoms with Crippen molar-refractivity contribution in [3.8, 4) is 89.1 Å². The van der Waals surface area contributed by atoms with Crippen LogP contribution in [0.15, 0.2) is 227 Å². The second kappa shape index (κ2) is 18.5. The van der Waals surface area contributed by atoms with Gasteiger partial charge in [-0.15, -0.1) is 22.7 Å². The maximum atomic E-state index is 5.54. The van der Waals surface area contributed by atoms with Crippen molar-refractivity contribution in [3.63, 3.8) is 0 Å². The van der Waals surface area contributed by atoms with Gasteiger partial charge in [-0.25, -0.2) is 19.9 Å². The molecule has 8 aromatic heterocycles. The van der Waals surface area contributed by atoms with Gasteiger partial charge in [0.05, 0.1) is 35.2 Å². The summed E-state index contributed by atoms with van der Waals surface area (Å²) in [6.07, 6.45) is 17.5. The van der Waals surface area contributed by atoms with Gasteiger partial charge in [-0.3, -0.25) is 19.9 Å². The summed E-state index contributed by atoms with van der Waals surface area (Å²) in [6.45, 7) is 0. The minimum absolute atomic E-state index is 0.566. The van der Waals surface area contributed by atoms with Gasteiger partial charge < -0.3 is 8.83 Å². The lowest BCUT2D eigenvalue weighted by atomic mass is 9.88. The third-order valence-corrected chi connectivity index (χ3v) is 14.3. The summed E-state index contributed by atoms with van der Waals surface area (Å²) in [7, 11) is 0. The number of oxazole rings is 2. The van der Waals surface area contributed by atoms with Crippen LogP contribution in [0.25, 0.3) is 132 Å². The number of aromatic nitrogens is 8. The Morgan fingerprint density at radius 1 is 0.278 bits per heavy atom. The van der Waals surface area contributed by atoms with Crippen LogP contribution >= 0.6 is 22.7 Å². The van der Waals surface area contributed by atoms with Crippen LogP contribution in [-0.2, 0) is 0 Å². The summed E-state index contributed by atoms with van der Waals surface area (Å²) < 4.78 is 11.1. The molecule has 0 saturated heterocycles. The Balaban J connectivity index is 0.000000140. The highest BCUT2D eigenvalue weighted by atomic mass is 32.1. The van der Waals surface area contributed by atoms with Crippen molar-refractivity contribution in [1.29, 1.82) is 0 Å². The van der Waals surface area contributed by atoms with E-state index in [1.807, 2.05) is 71.9 Å². The molecule has 8 heterocycles. The van der Waals surface area contributed by atoms with Crippen molar-refractivity contribution in [2.75, 3.05) is 0 Å². The second-order valence-electron chi connectivity index (χ2n) is 16.8. The third-order valence-electron chi connectivity index (χ3n) is 12.6. The van der Waals surface area contributed by atoms with Gasteiger partial charge in [0.25, 0.3) is 0 Å². The third kappa shape index (κ3) is 7.77. The Labute approximate surface area is 419 Å². The van der Waals surface area contributed by atoms with Crippen LogP contribution in [0.4, 0.5) is 0 Å². The van der Waals surface area contributed by atoms with Crippen LogP contribution in [0.1, 0.15) is 0 Å². The van der Waals surface area contributed by atoms with E-state index < -0.39 is 0 Å². The van der Waals surface area contributed by atoms with E-state index in [0.29, 0.717) is 11.8 Å². The molecule has 14 aromatic rings. The van der Waals surface area contributed by atoms with E-state index >= 15 is 0 Å². The molecule has 0 aliphatic heterocycles. The molecular formula is C60H36N8O2S2. The zero-order valence-corrected chi connectivity index (χ0v) is 39.6. The van der Waals surface area contributed by atoms with Crippen LogP contribution in [0, 0.1) is 0 Å². The number of hydrogen-bond donors (Lipinski definition) is 0. The summed E-state index contributed by atoms with van der Waals surface area (Å²) in [5.74, 6) is 1.13. The van der Waals surface area contributed by atoms with E-state index in [1.54, 1.807) is 60.0 Å². The fourth-order valence-corrected chi connectivity index (χ4v) is 10.9. The van der Waals surface area contributed by atoms with Crippen molar-refractivity contribution in [3.05, 3.63) is 218 Å². The number of fused-ring (bicyclic) bond motifs is 4. The highest BCUT2D eigenvalue weighted by molar-refractivity contribution is 7.13. The maximum absolute atomic E-state index is 5.54. The molecule has 0 saturated carbocycles. The van der Waals surface area contributed by atoms with E-state index in [1.165, 1.54) is 0 Å². The van der Waals surface area contributed by atoms with Crippen molar-refractivity contribution < 1.29 is 8.83 Å². The van der Waals surface area contributed by atoms with E-state index in [9.17, 15) is 0 Å². The Morgan fingerprint density at radius 3 is 0.833 bits per heavy atom. The van der Waals surface area contributed by atoms with E-state index in [0.717, 1.165) is 120 Å². The topological polar surface area (TPSA) is 129 Å². The molecular weight excluding hydrogens is 929 g/mol. The average molecular weight is 965 g/mol. The number of thiazole rings is 2. The van der Waals surface area contributed by atoms with Gasteiger partial charge in [0.1, 0.15) is 22.5 Å². The first-order chi connectivity index (χ1) is 35.7. The molecule has 72 heavy (non-hydrogen) atoms. The number of hydrogen-bond acceptors (Lipinski definition) is 12. The van der Waals surface area contributed by atoms with Gasteiger partial charge in [0, 0.05) is 92.4 Å². The van der Waals surface area contributed by atoms with Gasteiger partial charge in [0.15, 0.2) is 0 Å². The molecule has 0 unspecified atom stereocenters. The van der Waals surface area contributed by atoms with Crippen LogP contribution in [0.3, 0.4) is 0 Å². The minimum Gasteiger partial charge on any atom is -0.445 e. The second-order valence-corrected chi connectivity index (χ2v) is 18.5. The van der Waals surface area contributed by atoms with Gasteiger partial charge >= 0.3 is 0 Å². The predicted octanol–water partition coefficient (Wildman–Crippen LogP) is 15.8. The average Bonchev–Trinajstić information content (AvgIpc) is 4.32. The molecule has 0 bridgehead atoms. The van der Waals surface area contributed by atoms with Gasteiger partial charge in [-0.2, -0.15) is 0 Å². The predicted molar refractivity (Wildman–Crippen MR) is 289 cm³/mol. The maximum Gasteiger partial charge on any atom is 0.225 e. The van der Waals surface area contributed by atoms with Gasteiger partial charge in [-0.1, -0.05) is 97.1 Å². The molecule has 10 nitrogen and oxygen atoms in total. The van der Waals surface area contributed by atoms with E-state index in [-0.39, 0.29) is 0 Å². The lowest BCUT2D eigenvalue weighted by Gasteiger charge is -2.17.